The van der Waals surface area contributed by atoms with E-state index in [9.17, 15) is 5.11 Å². The van der Waals surface area contributed by atoms with Gasteiger partial charge in [0.1, 0.15) is 12.2 Å². The molecule has 2 unspecified atom stereocenters. The van der Waals surface area contributed by atoms with E-state index in [1.54, 1.807) is 33.3 Å². The third-order valence-electron chi connectivity index (χ3n) is 3.77. The number of anilines is 1. The van der Waals surface area contributed by atoms with E-state index in [2.05, 4.69) is 11.0 Å². The van der Waals surface area contributed by atoms with Crippen LogP contribution >= 0.6 is 0 Å². The summed E-state index contributed by atoms with van der Waals surface area (Å²) >= 11 is 0. The van der Waals surface area contributed by atoms with Crippen molar-refractivity contribution in [1.29, 1.82) is 5.26 Å². The van der Waals surface area contributed by atoms with E-state index in [1.165, 1.54) is 0 Å². The smallest absolute Gasteiger partial charge is 0.102 e. The van der Waals surface area contributed by atoms with Crippen LogP contribution in [-0.4, -0.2) is 44.6 Å². The lowest BCUT2D eigenvalue weighted by molar-refractivity contribution is -0.00461. The van der Waals surface area contributed by atoms with E-state index < -0.39 is 6.10 Å². The number of methoxy groups -OCH3 is 2. The zero-order valence-electron chi connectivity index (χ0n) is 12.0. The minimum atomic E-state index is -0.583. The lowest BCUT2D eigenvalue weighted by atomic mass is 10.0. The molecule has 1 saturated heterocycles. The van der Waals surface area contributed by atoms with Crippen molar-refractivity contribution in [2.45, 2.75) is 25.2 Å². The molecule has 1 fully saturated rings. The lowest BCUT2D eigenvalue weighted by Crippen LogP contribution is -2.27. The molecule has 1 heterocycles. The Morgan fingerprint density at radius 3 is 2.35 bits per heavy atom. The molecule has 0 amide bonds. The normalized spacial score (nSPS) is 23.6. The quantitative estimate of drug-likeness (QED) is 0.902. The van der Waals surface area contributed by atoms with Crippen LogP contribution in [0.4, 0.5) is 5.69 Å². The molecule has 3 atom stereocenters. The standard InChI is InChI=1S/C15H20N2O3/c1-10(18)12-5-4-11(7-16)6-13(12)17-8-14(19-2)15(9-17)20-3/h4-6,10,14-15,18H,8-9H2,1-3H3/t10-,14?,15?/m0/s1. The van der Waals surface area contributed by atoms with Crippen LogP contribution in [0.25, 0.3) is 0 Å². The van der Waals surface area contributed by atoms with Crippen molar-refractivity contribution in [2.75, 3.05) is 32.2 Å². The van der Waals surface area contributed by atoms with Crippen LogP contribution in [0.15, 0.2) is 18.2 Å². The van der Waals surface area contributed by atoms with Crippen molar-refractivity contribution >= 4 is 5.69 Å². The van der Waals surface area contributed by atoms with Gasteiger partial charge in [-0.2, -0.15) is 5.26 Å². The summed E-state index contributed by atoms with van der Waals surface area (Å²) in [5.41, 5.74) is 2.27. The van der Waals surface area contributed by atoms with Crippen molar-refractivity contribution in [3.63, 3.8) is 0 Å². The van der Waals surface area contributed by atoms with Crippen LogP contribution in [0, 0.1) is 11.3 Å². The van der Waals surface area contributed by atoms with E-state index in [-0.39, 0.29) is 12.2 Å². The first kappa shape index (κ1) is 14.8. The van der Waals surface area contributed by atoms with Gasteiger partial charge in [0, 0.05) is 38.6 Å². The highest BCUT2D eigenvalue weighted by Crippen LogP contribution is 2.31. The van der Waals surface area contributed by atoms with Gasteiger partial charge in [0.2, 0.25) is 0 Å². The van der Waals surface area contributed by atoms with Gasteiger partial charge in [-0.25, -0.2) is 0 Å². The zero-order valence-corrected chi connectivity index (χ0v) is 12.0. The van der Waals surface area contributed by atoms with Crippen molar-refractivity contribution in [1.82, 2.24) is 0 Å². The first-order chi connectivity index (χ1) is 9.60. The third kappa shape index (κ3) is 2.78. The van der Waals surface area contributed by atoms with Crippen molar-refractivity contribution in [3.8, 4) is 6.07 Å². The lowest BCUT2D eigenvalue weighted by Gasteiger charge is -2.23. The second-order valence-corrected chi connectivity index (χ2v) is 5.01. The van der Waals surface area contributed by atoms with E-state index in [0.717, 1.165) is 11.3 Å². The van der Waals surface area contributed by atoms with Gasteiger partial charge in [-0.05, 0) is 19.1 Å². The number of ether oxygens (including phenoxy) is 2. The highest BCUT2D eigenvalue weighted by Gasteiger charge is 2.34. The Hall–Kier alpha value is -1.61. The number of benzene rings is 1. The summed E-state index contributed by atoms with van der Waals surface area (Å²) in [4.78, 5) is 2.10. The monoisotopic (exact) mass is 276 g/mol. The van der Waals surface area contributed by atoms with Crippen LogP contribution < -0.4 is 4.90 Å². The number of aliphatic hydroxyl groups is 1. The Balaban J connectivity index is 2.34. The number of hydrogen-bond donors (Lipinski definition) is 1. The van der Waals surface area contributed by atoms with Gasteiger partial charge in [0.25, 0.3) is 0 Å². The summed E-state index contributed by atoms with van der Waals surface area (Å²) in [7, 11) is 3.34. The molecule has 5 heteroatoms. The molecule has 0 spiro atoms. The molecule has 108 valence electrons. The van der Waals surface area contributed by atoms with Gasteiger partial charge in [0.05, 0.1) is 17.7 Å². The number of nitriles is 1. The molecule has 20 heavy (non-hydrogen) atoms. The Kier molecular flexibility index (Phi) is 4.61. The number of hydrogen-bond acceptors (Lipinski definition) is 5. The summed E-state index contributed by atoms with van der Waals surface area (Å²) in [6.07, 6.45) is -0.597. The first-order valence-electron chi connectivity index (χ1n) is 6.63. The molecule has 1 N–H and O–H groups in total. The molecule has 1 aromatic carbocycles. The maximum Gasteiger partial charge on any atom is 0.102 e. The average Bonchev–Trinajstić information content (AvgIpc) is 2.89. The molecule has 1 aromatic rings. The van der Waals surface area contributed by atoms with Crippen molar-refractivity contribution in [2.24, 2.45) is 0 Å². The highest BCUT2D eigenvalue weighted by atomic mass is 16.5. The molecule has 2 rings (SSSR count). The summed E-state index contributed by atoms with van der Waals surface area (Å²) in [5.74, 6) is 0. The predicted molar refractivity (Wildman–Crippen MR) is 75.6 cm³/mol. The van der Waals surface area contributed by atoms with Gasteiger partial charge < -0.3 is 19.5 Å². The maximum absolute atomic E-state index is 9.90. The van der Waals surface area contributed by atoms with Gasteiger partial charge in [-0.1, -0.05) is 6.07 Å². The van der Waals surface area contributed by atoms with Gasteiger partial charge in [-0.3, -0.25) is 0 Å². The zero-order chi connectivity index (χ0) is 14.7. The molecule has 1 aliphatic rings. The van der Waals surface area contributed by atoms with E-state index in [4.69, 9.17) is 14.7 Å². The summed E-state index contributed by atoms with van der Waals surface area (Å²) < 4.78 is 10.9. The van der Waals surface area contributed by atoms with E-state index >= 15 is 0 Å². The predicted octanol–water partition coefficient (Wildman–Crippen LogP) is 1.46. The highest BCUT2D eigenvalue weighted by molar-refractivity contribution is 5.59. The topological polar surface area (TPSA) is 65.7 Å². The van der Waals surface area contributed by atoms with E-state index in [1.807, 2.05) is 6.07 Å². The molecule has 0 saturated carbocycles. The third-order valence-corrected chi connectivity index (χ3v) is 3.77. The Morgan fingerprint density at radius 1 is 1.30 bits per heavy atom. The van der Waals surface area contributed by atoms with Crippen LogP contribution in [-0.2, 0) is 9.47 Å². The molecule has 1 aliphatic heterocycles. The molecule has 0 bridgehead atoms. The molecule has 5 nitrogen and oxygen atoms in total. The maximum atomic E-state index is 9.90. The minimum absolute atomic E-state index is 0.00686. The van der Waals surface area contributed by atoms with Crippen molar-refractivity contribution in [3.05, 3.63) is 29.3 Å². The SMILES string of the molecule is COC1CN(c2cc(C#N)ccc2[C@H](C)O)CC1OC. The molecular formula is C15H20N2O3. The fourth-order valence-corrected chi connectivity index (χ4v) is 2.63. The van der Waals surface area contributed by atoms with Gasteiger partial charge in [0.15, 0.2) is 0 Å². The van der Waals surface area contributed by atoms with Crippen LogP contribution in [0.5, 0.6) is 0 Å². The molecule has 0 aromatic heterocycles. The number of nitrogens with zero attached hydrogens (tertiary/aromatic N) is 2. The van der Waals surface area contributed by atoms with Crippen LogP contribution in [0.2, 0.25) is 0 Å². The molecule has 0 radical (unpaired) electrons. The summed E-state index contributed by atoms with van der Waals surface area (Å²) in [6.45, 7) is 3.09. The second kappa shape index (κ2) is 6.23. The minimum Gasteiger partial charge on any atom is -0.389 e. The first-order valence-corrected chi connectivity index (χ1v) is 6.63. The van der Waals surface area contributed by atoms with Gasteiger partial charge in [-0.15, -0.1) is 0 Å². The van der Waals surface area contributed by atoms with Crippen LogP contribution in [0.1, 0.15) is 24.2 Å². The molecule has 0 aliphatic carbocycles. The summed E-state index contributed by atoms with van der Waals surface area (Å²) in [5, 5.41) is 19.0. The fraction of sp³-hybridized carbons (Fsp3) is 0.533. The van der Waals surface area contributed by atoms with E-state index in [0.29, 0.717) is 18.7 Å². The number of rotatable bonds is 4. The summed E-state index contributed by atoms with van der Waals surface area (Å²) in [6, 6.07) is 7.48. The molecular weight excluding hydrogens is 256 g/mol. The average molecular weight is 276 g/mol. The largest absolute Gasteiger partial charge is 0.389 e. The van der Waals surface area contributed by atoms with Gasteiger partial charge >= 0.3 is 0 Å². The fourth-order valence-electron chi connectivity index (χ4n) is 2.63. The van der Waals surface area contributed by atoms with Crippen molar-refractivity contribution < 1.29 is 14.6 Å². The Labute approximate surface area is 119 Å². The number of aliphatic hydroxyl groups excluding tert-OH is 1. The second-order valence-electron chi connectivity index (χ2n) is 5.01. The Bertz CT molecular complexity index is 498. The Morgan fingerprint density at radius 2 is 1.90 bits per heavy atom. The van der Waals surface area contributed by atoms with Crippen LogP contribution in [0.3, 0.4) is 0 Å².